The fourth-order valence-electron chi connectivity index (χ4n) is 7.11. The van der Waals surface area contributed by atoms with E-state index in [1.807, 2.05) is 57.2 Å². The first-order valence-electron chi connectivity index (χ1n) is 20.3. The van der Waals surface area contributed by atoms with Gasteiger partial charge in [0.05, 0.1) is 46.0 Å². The van der Waals surface area contributed by atoms with Crippen LogP contribution in [-0.2, 0) is 10.1 Å². The van der Waals surface area contributed by atoms with Crippen LogP contribution >= 0.6 is 0 Å². The van der Waals surface area contributed by atoms with Crippen molar-refractivity contribution in [3.8, 4) is 17.2 Å². The molecule has 8 heteroatoms. The van der Waals surface area contributed by atoms with E-state index < -0.39 is 12.7 Å². The van der Waals surface area contributed by atoms with Crippen LogP contribution in [-0.4, -0.2) is 74.5 Å². The molecule has 52 heavy (non-hydrogen) atoms. The number of nitrogens with zero attached hydrogens (tertiary/aromatic N) is 1. The Kier molecular flexibility index (Phi) is 22.4. The van der Waals surface area contributed by atoms with Gasteiger partial charge in [0.2, 0.25) is 0 Å². The molecule has 0 amide bonds. The Labute approximate surface area is 317 Å². The van der Waals surface area contributed by atoms with E-state index >= 15 is 0 Å². The van der Waals surface area contributed by atoms with Crippen LogP contribution < -0.4 is 14.2 Å². The maximum absolute atomic E-state index is 9.17. The summed E-state index contributed by atoms with van der Waals surface area (Å²) in [5, 5.41) is 18.3. The zero-order chi connectivity index (χ0) is 38.1. The highest BCUT2D eigenvalue weighted by atomic mass is 16.6. The molecule has 0 saturated carbocycles. The minimum atomic E-state index is -1.79. The summed E-state index contributed by atoms with van der Waals surface area (Å²) in [5.41, 5.74) is 2.76. The number of rotatable bonds is 26. The third kappa shape index (κ3) is 14.8. The first kappa shape index (κ1) is 45.1. The van der Waals surface area contributed by atoms with Gasteiger partial charge in [-0.05, 0) is 112 Å². The Morgan fingerprint density at radius 1 is 0.481 bits per heavy atom. The maximum atomic E-state index is 9.17. The van der Waals surface area contributed by atoms with Gasteiger partial charge < -0.3 is 33.4 Å². The molecule has 0 unspecified atom stereocenters. The summed E-state index contributed by atoms with van der Waals surface area (Å²) >= 11 is 0. The van der Waals surface area contributed by atoms with E-state index in [1.165, 1.54) is 82.0 Å². The third-order valence-electron chi connectivity index (χ3n) is 9.88. The van der Waals surface area contributed by atoms with Gasteiger partial charge in [-0.15, -0.1) is 0 Å². The summed E-state index contributed by atoms with van der Waals surface area (Å²) in [6.45, 7) is 22.9. The first-order chi connectivity index (χ1) is 25.3. The van der Waals surface area contributed by atoms with Crippen molar-refractivity contribution in [2.45, 2.75) is 118 Å². The quantitative estimate of drug-likeness (QED) is 0.0372. The molecular weight excluding hydrogens is 649 g/mol. The highest BCUT2D eigenvalue weighted by molar-refractivity contribution is 6.32. The average molecular weight is 721 g/mol. The molecule has 0 aliphatic heterocycles. The fraction of sp³-hybridized carbons (Fsp3) is 0.591. The van der Waals surface area contributed by atoms with Crippen molar-refractivity contribution in [1.82, 2.24) is 0 Å². The van der Waals surface area contributed by atoms with Crippen LogP contribution in [0.1, 0.15) is 129 Å². The zero-order valence-corrected chi connectivity index (χ0v) is 33.7. The van der Waals surface area contributed by atoms with Crippen LogP contribution in [0, 0.1) is 0 Å². The molecule has 3 aromatic rings. The second kappa shape index (κ2) is 25.9. The highest BCUT2D eigenvalue weighted by Gasteiger charge is 2.36. The van der Waals surface area contributed by atoms with E-state index in [1.54, 1.807) is 0 Å². The Hall–Kier alpha value is -3.04. The predicted molar refractivity (Wildman–Crippen MR) is 217 cm³/mol. The molecule has 3 aromatic carbocycles. The Bertz CT molecular complexity index is 1140. The number of quaternary nitrogens is 1. The van der Waals surface area contributed by atoms with Gasteiger partial charge in [-0.2, -0.15) is 0 Å². The third-order valence-corrected chi connectivity index (χ3v) is 9.88. The lowest BCUT2D eigenvalue weighted by molar-refractivity contribution is -0.929. The van der Waals surface area contributed by atoms with E-state index in [0.717, 1.165) is 33.9 Å². The lowest BCUT2D eigenvalue weighted by Gasteiger charge is -2.39. The van der Waals surface area contributed by atoms with Gasteiger partial charge in [0.15, 0.2) is 0 Å². The van der Waals surface area contributed by atoms with E-state index in [9.17, 15) is 0 Å². The Morgan fingerprint density at radius 2 is 0.788 bits per heavy atom. The van der Waals surface area contributed by atoms with Gasteiger partial charge in [0, 0.05) is 12.0 Å². The molecule has 290 valence electrons. The van der Waals surface area contributed by atoms with Crippen LogP contribution in [0.15, 0.2) is 72.8 Å². The lowest BCUT2D eigenvalue weighted by Crippen LogP contribution is -2.50. The molecule has 7 nitrogen and oxygen atoms in total. The topological polar surface area (TPSA) is 77.4 Å². The van der Waals surface area contributed by atoms with Crippen LogP contribution in [0.4, 0.5) is 0 Å². The summed E-state index contributed by atoms with van der Waals surface area (Å²) in [6, 6.07) is 24.5. The normalized spacial score (nSPS) is 11.5. The van der Waals surface area contributed by atoms with Crippen molar-refractivity contribution in [3.63, 3.8) is 0 Å². The fourth-order valence-corrected chi connectivity index (χ4v) is 7.11. The van der Waals surface area contributed by atoms with Crippen molar-refractivity contribution in [1.29, 1.82) is 0 Å². The number of unbranched alkanes of at least 4 members (excludes halogenated alkanes) is 4. The molecule has 0 radical (unpaired) electrons. The smallest absolute Gasteiger partial charge is 0.494 e. The molecule has 0 aromatic heterocycles. The average Bonchev–Trinajstić information content (AvgIpc) is 3.16. The van der Waals surface area contributed by atoms with Gasteiger partial charge in [0.25, 0.3) is 0 Å². The molecule has 0 aliphatic rings. The second-order valence-corrected chi connectivity index (χ2v) is 13.7. The number of hydrogen-bond acceptors (Lipinski definition) is 6. The predicted octanol–water partition coefficient (Wildman–Crippen LogP) is 9.99. The standard InChI is InChI=1S/C28H35BO6.C16H36N/c1-4-32-25-14-8-22(9-15-25)28(20-7-21-35-29(30)31,23-10-16-26(17-11-23)33-5-2)24-12-18-27(19-13-24)34-6-3;1-5-9-13-17(14-10-6-2,15-11-7-3)16-12-8-4/h8-19,30-31H,4-7,20-21H2,1-3H3;5-16H2,1-4H3/q;+1. The van der Waals surface area contributed by atoms with Crippen molar-refractivity contribution >= 4 is 7.32 Å². The molecule has 0 heterocycles. The van der Waals surface area contributed by atoms with E-state index in [2.05, 4.69) is 64.1 Å². The molecule has 0 fully saturated rings. The minimum Gasteiger partial charge on any atom is -0.494 e. The molecule has 0 bridgehead atoms. The molecule has 0 spiro atoms. The van der Waals surface area contributed by atoms with Crippen molar-refractivity contribution in [2.75, 3.05) is 52.6 Å². The molecule has 0 saturated heterocycles. The number of ether oxygens (including phenoxy) is 3. The number of benzene rings is 3. The molecule has 0 atom stereocenters. The summed E-state index contributed by atoms with van der Waals surface area (Å²) < 4.78 is 23.5. The monoisotopic (exact) mass is 721 g/mol. The molecule has 3 rings (SSSR count). The summed E-state index contributed by atoms with van der Waals surface area (Å²) in [6.07, 6.45) is 12.3. The largest absolute Gasteiger partial charge is 0.633 e. The summed E-state index contributed by atoms with van der Waals surface area (Å²) in [5.74, 6) is 2.45. The Balaban J connectivity index is 0.000000465. The lowest BCUT2D eigenvalue weighted by atomic mass is 9.66. The van der Waals surface area contributed by atoms with E-state index in [-0.39, 0.29) is 6.61 Å². The minimum absolute atomic E-state index is 0.213. The van der Waals surface area contributed by atoms with Gasteiger partial charge in [-0.25, -0.2) is 0 Å². The van der Waals surface area contributed by atoms with Crippen LogP contribution in [0.3, 0.4) is 0 Å². The van der Waals surface area contributed by atoms with Crippen LogP contribution in [0.2, 0.25) is 0 Å². The van der Waals surface area contributed by atoms with Crippen molar-refractivity contribution in [3.05, 3.63) is 89.5 Å². The first-order valence-corrected chi connectivity index (χ1v) is 20.3. The van der Waals surface area contributed by atoms with Crippen molar-refractivity contribution in [2.24, 2.45) is 0 Å². The van der Waals surface area contributed by atoms with Crippen LogP contribution in [0.5, 0.6) is 17.2 Å². The van der Waals surface area contributed by atoms with E-state index in [0.29, 0.717) is 32.7 Å². The molecule has 2 N–H and O–H groups in total. The summed E-state index contributed by atoms with van der Waals surface area (Å²) in [4.78, 5) is 0. The van der Waals surface area contributed by atoms with Gasteiger partial charge in [0.1, 0.15) is 17.2 Å². The molecule has 0 aliphatic carbocycles. The zero-order valence-electron chi connectivity index (χ0n) is 33.7. The van der Waals surface area contributed by atoms with E-state index in [4.69, 9.17) is 28.9 Å². The molecular formula is C44H71BNO6+. The van der Waals surface area contributed by atoms with Gasteiger partial charge >= 0.3 is 7.32 Å². The Morgan fingerprint density at radius 3 is 1.04 bits per heavy atom. The van der Waals surface area contributed by atoms with Crippen molar-refractivity contribution < 1.29 is 33.4 Å². The highest BCUT2D eigenvalue weighted by Crippen LogP contribution is 2.44. The second-order valence-electron chi connectivity index (χ2n) is 13.7. The number of hydrogen-bond donors (Lipinski definition) is 2. The van der Waals surface area contributed by atoms with Gasteiger partial charge in [-0.1, -0.05) is 89.8 Å². The maximum Gasteiger partial charge on any atom is 0.633 e. The summed E-state index contributed by atoms with van der Waals surface area (Å²) in [7, 11) is -1.79. The SMILES string of the molecule is CCCC[N+](CCCC)(CCCC)CCCC.CCOc1ccc(C(CCCOB(O)O)(c2ccc(OCC)cc2)c2ccc(OCC)cc2)cc1. The van der Waals surface area contributed by atoms with Gasteiger partial charge in [-0.3, -0.25) is 0 Å². The van der Waals surface area contributed by atoms with Crippen LogP contribution in [0.25, 0.3) is 0 Å².